The Morgan fingerprint density at radius 3 is 2.73 bits per heavy atom. The van der Waals surface area contributed by atoms with Crippen molar-refractivity contribution in [3.05, 3.63) is 84.2 Å². The highest BCUT2D eigenvalue weighted by Crippen LogP contribution is 2.40. The molecule has 1 aromatic heterocycles. The van der Waals surface area contributed by atoms with E-state index in [2.05, 4.69) is 77.6 Å². The molecule has 0 unspecified atom stereocenters. The van der Waals surface area contributed by atoms with Gasteiger partial charge in [-0.05, 0) is 67.7 Å². The Morgan fingerprint density at radius 2 is 1.87 bits per heavy atom. The topological polar surface area (TPSA) is 37.4 Å². The van der Waals surface area contributed by atoms with Crippen LogP contribution in [0.25, 0.3) is 5.57 Å². The van der Waals surface area contributed by atoms with Crippen molar-refractivity contribution >= 4 is 22.6 Å². The van der Waals surface area contributed by atoms with Crippen LogP contribution in [0.15, 0.2) is 73.1 Å². The lowest BCUT2D eigenvalue weighted by Crippen LogP contribution is -2.47. The number of aromatic nitrogens is 1. The van der Waals surface area contributed by atoms with Crippen LogP contribution in [0, 0.1) is 0 Å². The van der Waals surface area contributed by atoms with Gasteiger partial charge in [0.1, 0.15) is 11.4 Å². The fraction of sp³-hybridized carbons (Fsp3) is 0.269. The van der Waals surface area contributed by atoms with Crippen molar-refractivity contribution in [3.63, 3.8) is 0 Å². The molecule has 1 aliphatic heterocycles. The number of benzene rings is 2. The number of rotatable bonds is 5. The van der Waals surface area contributed by atoms with Gasteiger partial charge in [-0.1, -0.05) is 30.3 Å². The second-order valence-electron chi connectivity index (χ2n) is 8.67. The summed E-state index contributed by atoms with van der Waals surface area (Å²) in [6.07, 6.45) is 8.07. The molecule has 0 amide bonds. The van der Waals surface area contributed by atoms with Crippen LogP contribution in [-0.2, 0) is 6.42 Å². The molecular weight excluding hydrogens is 370 g/mol. The van der Waals surface area contributed by atoms with E-state index in [1.807, 2.05) is 12.1 Å². The Kier molecular flexibility index (Phi) is 4.70. The molecule has 5 rings (SSSR count). The zero-order chi connectivity index (χ0) is 20.6. The van der Waals surface area contributed by atoms with Gasteiger partial charge in [0.15, 0.2) is 0 Å². The number of hydrogen-bond donors (Lipinski definition) is 1. The lowest BCUT2D eigenvalue weighted by molar-refractivity contribution is 0.105. The van der Waals surface area contributed by atoms with Gasteiger partial charge in [0, 0.05) is 36.4 Å². The second kappa shape index (κ2) is 7.52. The summed E-state index contributed by atoms with van der Waals surface area (Å²) in [6.45, 7) is 6.19. The van der Waals surface area contributed by atoms with E-state index in [-0.39, 0.29) is 5.60 Å². The first-order valence-electron chi connectivity index (χ1n) is 10.6. The molecule has 1 aliphatic carbocycles. The molecule has 0 saturated carbocycles. The first kappa shape index (κ1) is 18.7. The first-order chi connectivity index (χ1) is 14.6. The molecule has 4 nitrogen and oxygen atoms in total. The molecule has 0 saturated heterocycles. The van der Waals surface area contributed by atoms with Crippen LogP contribution < -0.4 is 15.0 Å². The zero-order valence-electron chi connectivity index (χ0n) is 17.6. The standard InChI is InChI=1S/C26H27N3O/c1-26(2)18-29(16-13-20-8-7-19-5-3-4-6-23(19)20)24-10-9-22(17-25(24)30-26)28-21-11-14-27-15-12-21/h3-6,8-12,14-15,17H,7,13,16,18H2,1-2H3,(H,27,28). The number of pyridine rings is 1. The molecule has 2 heterocycles. The van der Waals surface area contributed by atoms with E-state index >= 15 is 0 Å². The van der Waals surface area contributed by atoms with E-state index in [0.717, 1.165) is 43.1 Å². The van der Waals surface area contributed by atoms with Crippen LogP contribution in [0.3, 0.4) is 0 Å². The average Bonchev–Trinajstić information content (AvgIpc) is 3.15. The summed E-state index contributed by atoms with van der Waals surface area (Å²) >= 11 is 0. The molecule has 152 valence electrons. The summed E-state index contributed by atoms with van der Waals surface area (Å²) in [5.41, 5.74) is 7.30. The predicted molar refractivity (Wildman–Crippen MR) is 124 cm³/mol. The number of hydrogen-bond acceptors (Lipinski definition) is 4. The SMILES string of the molecule is CC1(C)CN(CCC2=CCc3ccccc32)c2ccc(Nc3ccncc3)cc2O1. The van der Waals surface area contributed by atoms with Crippen LogP contribution in [0.4, 0.5) is 17.1 Å². The monoisotopic (exact) mass is 397 g/mol. The minimum absolute atomic E-state index is 0.232. The lowest BCUT2D eigenvalue weighted by atomic mass is 10.0. The normalized spacial score (nSPS) is 16.3. The highest BCUT2D eigenvalue weighted by molar-refractivity contribution is 5.74. The zero-order valence-corrected chi connectivity index (χ0v) is 17.6. The van der Waals surface area contributed by atoms with Gasteiger partial charge in [0.25, 0.3) is 0 Å². The maximum atomic E-state index is 6.35. The van der Waals surface area contributed by atoms with Gasteiger partial charge in [0.2, 0.25) is 0 Å². The average molecular weight is 398 g/mol. The molecule has 0 fully saturated rings. The first-order valence-corrected chi connectivity index (χ1v) is 10.6. The van der Waals surface area contributed by atoms with E-state index in [1.54, 1.807) is 12.4 Å². The highest BCUT2D eigenvalue weighted by atomic mass is 16.5. The summed E-state index contributed by atoms with van der Waals surface area (Å²) < 4.78 is 6.35. The molecule has 2 aliphatic rings. The van der Waals surface area contributed by atoms with E-state index in [1.165, 1.54) is 22.4 Å². The number of fused-ring (bicyclic) bond motifs is 2. The second-order valence-corrected chi connectivity index (χ2v) is 8.67. The van der Waals surface area contributed by atoms with Gasteiger partial charge >= 0.3 is 0 Å². The molecule has 0 spiro atoms. The third-order valence-corrected chi connectivity index (χ3v) is 5.81. The van der Waals surface area contributed by atoms with Gasteiger partial charge in [-0.15, -0.1) is 0 Å². The number of ether oxygens (including phenoxy) is 1. The third kappa shape index (κ3) is 3.78. The van der Waals surface area contributed by atoms with Crippen molar-refractivity contribution in [1.29, 1.82) is 0 Å². The quantitative estimate of drug-likeness (QED) is 0.587. The van der Waals surface area contributed by atoms with Gasteiger partial charge in [-0.25, -0.2) is 0 Å². The van der Waals surface area contributed by atoms with Crippen LogP contribution in [0.5, 0.6) is 5.75 Å². The van der Waals surface area contributed by atoms with Gasteiger partial charge in [0.05, 0.1) is 12.2 Å². The molecule has 2 aromatic carbocycles. The molecular formula is C26H27N3O. The minimum atomic E-state index is -0.232. The molecule has 1 N–H and O–H groups in total. The molecule has 0 bridgehead atoms. The predicted octanol–water partition coefficient (Wildman–Crippen LogP) is 5.83. The smallest absolute Gasteiger partial charge is 0.145 e. The Bertz CT molecular complexity index is 1090. The third-order valence-electron chi connectivity index (χ3n) is 5.81. The Hall–Kier alpha value is -3.27. The van der Waals surface area contributed by atoms with Gasteiger partial charge < -0.3 is 15.0 Å². The molecule has 30 heavy (non-hydrogen) atoms. The lowest BCUT2D eigenvalue weighted by Gasteiger charge is -2.41. The summed E-state index contributed by atoms with van der Waals surface area (Å²) in [5, 5.41) is 3.44. The number of nitrogens with zero attached hydrogens (tertiary/aromatic N) is 2. The largest absolute Gasteiger partial charge is 0.484 e. The van der Waals surface area contributed by atoms with Crippen LogP contribution in [-0.4, -0.2) is 23.7 Å². The number of nitrogens with one attached hydrogen (secondary N) is 1. The maximum Gasteiger partial charge on any atom is 0.145 e. The fourth-order valence-electron chi connectivity index (χ4n) is 4.46. The van der Waals surface area contributed by atoms with Gasteiger partial charge in [-0.3, -0.25) is 4.98 Å². The maximum absolute atomic E-state index is 6.35. The van der Waals surface area contributed by atoms with E-state index in [0.29, 0.717) is 0 Å². The van der Waals surface area contributed by atoms with Crippen molar-refractivity contribution in [2.24, 2.45) is 0 Å². The van der Waals surface area contributed by atoms with Crippen LogP contribution >= 0.6 is 0 Å². The fourth-order valence-corrected chi connectivity index (χ4v) is 4.46. The highest BCUT2D eigenvalue weighted by Gasteiger charge is 2.32. The Balaban J connectivity index is 1.36. The van der Waals surface area contributed by atoms with E-state index < -0.39 is 0 Å². The molecule has 4 heteroatoms. The van der Waals surface area contributed by atoms with Gasteiger partial charge in [-0.2, -0.15) is 0 Å². The van der Waals surface area contributed by atoms with Crippen molar-refractivity contribution in [2.75, 3.05) is 23.3 Å². The summed E-state index contributed by atoms with van der Waals surface area (Å²) in [7, 11) is 0. The van der Waals surface area contributed by atoms with Crippen LogP contribution in [0.1, 0.15) is 31.4 Å². The summed E-state index contributed by atoms with van der Waals surface area (Å²) in [6, 6.07) is 19.1. The van der Waals surface area contributed by atoms with E-state index in [9.17, 15) is 0 Å². The summed E-state index contributed by atoms with van der Waals surface area (Å²) in [4.78, 5) is 6.55. The van der Waals surface area contributed by atoms with Crippen molar-refractivity contribution < 1.29 is 4.74 Å². The Morgan fingerprint density at radius 1 is 1.03 bits per heavy atom. The molecule has 3 aromatic rings. The van der Waals surface area contributed by atoms with E-state index in [4.69, 9.17) is 4.74 Å². The van der Waals surface area contributed by atoms with Crippen molar-refractivity contribution in [3.8, 4) is 5.75 Å². The molecule has 0 atom stereocenters. The summed E-state index contributed by atoms with van der Waals surface area (Å²) in [5.74, 6) is 0.936. The number of anilines is 3. The number of allylic oxidation sites excluding steroid dienone is 1. The molecule has 0 radical (unpaired) electrons. The van der Waals surface area contributed by atoms with Crippen molar-refractivity contribution in [1.82, 2.24) is 4.98 Å². The van der Waals surface area contributed by atoms with Crippen LogP contribution in [0.2, 0.25) is 0 Å². The Labute approximate surface area is 178 Å². The minimum Gasteiger partial charge on any atom is -0.484 e. The van der Waals surface area contributed by atoms with Crippen molar-refractivity contribution in [2.45, 2.75) is 32.3 Å².